The molecule has 2 rings (SSSR count). The van der Waals surface area contributed by atoms with Crippen molar-refractivity contribution in [2.24, 2.45) is 0 Å². The van der Waals surface area contributed by atoms with E-state index < -0.39 is 10.0 Å². The first kappa shape index (κ1) is 13.1. The third kappa shape index (κ3) is 2.71. The first-order valence-electron chi connectivity index (χ1n) is 5.13. The van der Waals surface area contributed by atoms with Crippen LogP contribution in [0.15, 0.2) is 25.6 Å². The average molecular weight is 288 g/mol. The van der Waals surface area contributed by atoms with Crippen LogP contribution in [-0.4, -0.2) is 13.4 Å². The van der Waals surface area contributed by atoms with E-state index in [0.717, 1.165) is 0 Å². The lowest BCUT2D eigenvalue weighted by atomic mass is 10.4. The van der Waals surface area contributed by atoms with E-state index in [1.165, 1.54) is 0 Å². The Kier molecular flexibility index (Phi) is 3.42. The Morgan fingerprint density at radius 3 is 2.61 bits per heavy atom. The molecule has 0 saturated heterocycles. The maximum atomic E-state index is 11.9. The summed E-state index contributed by atoms with van der Waals surface area (Å²) < 4.78 is 31.5. The molecule has 2 aromatic rings. The second-order valence-corrected chi connectivity index (χ2v) is 6.71. The molecule has 0 atom stereocenters. The van der Waals surface area contributed by atoms with Gasteiger partial charge in [-0.3, -0.25) is 4.79 Å². The Balaban J connectivity index is 2.18. The molecule has 0 aliphatic rings. The predicted octanol–water partition coefficient (Wildman–Crippen LogP) is 1.12. The molecule has 2 N–H and O–H groups in total. The molecule has 0 bridgehead atoms. The van der Waals surface area contributed by atoms with Crippen molar-refractivity contribution in [3.8, 4) is 0 Å². The summed E-state index contributed by atoms with van der Waals surface area (Å²) in [7, 11) is -3.68. The third-order valence-corrected chi connectivity index (χ3v) is 5.26. The van der Waals surface area contributed by atoms with Crippen LogP contribution in [0.4, 0.5) is 0 Å². The van der Waals surface area contributed by atoms with Gasteiger partial charge in [0.25, 0.3) is 10.0 Å². The molecule has 2 aromatic heterocycles. The van der Waals surface area contributed by atoms with Gasteiger partial charge in [-0.15, -0.1) is 0 Å². The zero-order chi connectivity index (χ0) is 13.3. The lowest BCUT2D eigenvalue weighted by molar-refractivity contribution is 0.475. The molecule has 2 heterocycles. The first-order chi connectivity index (χ1) is 8.38. The second-order valence-electron chi connectivity index (χ2n) is 3.76. The lowest BCUT2D eigenvalue weighted by Gasteiger charge is -2.03. The molecule has 0 aromatic carbocycles. The number of hydrogen-bond acceptors (Lipinski definition) is 5. The summed E-state index contributed by atoms with van der Waals surface area (Å²) in [5.41, 5.74) is 0.341. The van der Waals surface area contributed by atoms with Crippen molar-refractivity contribution in [2.45, 2.75) is 24.6 Å². The van der Waals surface area contributed by atoms with Gasteiger partial charge in [-0.25, -0.2) is 13.1 Å². The monoisotopic (exact) mass is 288 g/mol. The third-order valence-electron chi connectivity index (χ3n) is 2.26. The molecule has 18 heavy (non-hydrogen) atoms. The molecular formula is C10H12N2O4S2. The molecule has 0 radical (unpaired) electrons. The molecule has 6 nitrogen and oxygen atoms in total. The summed E-state index contributed by atoms with van der Waals surface area (Å²) in [6, 6.07) is 3.45. The standard InChI is InChI=1S/C10H12N2O4S2/c1-6-3-4-8(16-6)5-11-18(14,15)9-7(2)12-10(13)17-9/h3-4,11H,5H2,1-2H3,(H,12,13). The highest BCUT2D eigenvalue weighted by Crippen LogP contribution is 2.16. The van der Waals surface area contributed by atoms with Crippen molar-refractivity contribution >= 4 is 21.4 Å². The summed E-state index contributed by atoms with van der Waals surface area (Å²) in [6.07, 6.45) is 0. The minimum absolute atomic E-state index is 0.00998. The van der Waals surface area contributed by atoms with Gasteiger partial charge in [-0.2, -0.15) is 0 Å². The number of hydrogen-bond donors (Lipinski definition) is 2. The largest absolute Gasteiger partial charge is 0.465 e. The second kappa shape index (κ2) is 4.71. The van der Waals surface area contributed by atoms with Gasteiger partial charge in [0.1, 0.15) is 11.5 Å². The fraction of sp³-hybridized carbons (Fsp3) is 0.300. The minimum Gasteiger partial charge on any atom is -0.465 e. The summed E-state index contributed by atoms with van der Waals surface area (Å²) in [5.74, 6) is 1.24. The van der Waals surface area contributed by atoms with Crippen LogP contribution >= 0.6 is 11.3 Å². The molecule has 98 valence electrons. The van der Waals surface area contributed by atoms with E-state index in [0.29, 0.717) is 28.6 Å². The van der Waals surface area contributed by atoms with E-state index in [-0.39, 0.29) is 15.6 Å². The van der Waals surface area contributed by atoms with Crippen molar-refractivity contribution < 1.29 is 12.8 Å². The molecule has 0 aliphatic carbocycles. The Labute approximate surface area is 108 Å². The molecule has 0 unspecified atom stereocenters. The first-order valence-corrected chi connectivity index (χ1v) is 7.43. The minimum atomic E-state index is -3.68. The van der Waals surface area contributed by atoms with E-state index in [2.05, 4.69) is 9.71 Å². The highest BCUT2D eigenvalue weighted by Gasteiger charge is 2.20. The Bertz CT molecular complexity index is 708. The number of nitrogens with one attached hydrogen (secondary N) is 2. The van der Waals surface area contributed by atoms with Gasteiger partial charge in [-0.1, -0.05) is 11.3 Å². The molecule has 0 fully saturated rings. The van der Waals surface area contributed by atoms with E-state index in [9.17, 15) is 13.2 Å². The Hall–Kier alpha value is -1.38. The number of aromatic amines is 1. The zero-order valence-electron chi connectivity index (χ0n) is 9.81. The summed E-state index contributed by atoms with van der Waals surface area (Å²) in [4.78, 5) is 13.1. The van der Waals surface area contributed by atoms with E-state index in [1.54, 1.807) is 26.0 Å². The highest BCUT2D eigenvalue weighted by atomic mass is 32.2. The predicted molar refractivity (Wildman–Crippen MR) is 67.1 cm³/mol. The molecule has 0 amide bonds. The number of aryl methyl sites for hydroxylation is 2. The summed E-state index contributed by atoms with van der Waals surface area (Å²) in [5, 5.41) is 0. The van der Waals surface area contributed by atoms with Gasteiger partial charge >= 0.3 is 4.87 Å². The molecular weight excluding hydrogens is 276 g/mol. The zero-order valence-corrected chi connectivity index (χ0v) is 11.4. The van der Waals surface area contributed by atoms with Gasteiger partial charge in [0.05, 0.1) is 6.54 Å². The molecule has 0 spiro atoms. The Morgan fingerprint density at radius 2 is 2.11 bits per heavy atom. The smallest absolute Gasteiger partial charge is 0.305 e. The maximum Gasteiger partial charge on any atom is 0.305 e. The average Bonchev–Trinajstić information content (AvgIpc) is 2.82. The molecule has 0 aliphatic heterocycles. The normalized spacial score (nSPS) is 11.9. The van der Waals surface area contributed by atoms with Gasteiger partial charge in [0, 0.05) is 5.69 Å². The van der Waals surface area contributed by atoms with Crippen LogP contribution < -0.4 is 9.60 Å². The fourth-order valence-corrected chi connectivity index (χ4v) is 3.80. The van der Waals surface area contributed by atoms with Crippen LogP contribution in [0.3, 0.4) is 0 Å². The van der Waals surface area contributed by atoms with Crippen LogP contribution in [0.25, 0.3) is 0 Å². The van der Waals surface area contributed by atoms with Crippen LogP contribution in [0, 0.1) is 13.8 Å². The van der Waals surface area contributed by atoms with Crippen LogP contribution in [-0.2, 0) is 16.6 Å². The molecule has 8 heteroatoms. The van der Waals surface area contributed by atoms with E-state index >= 15 is 0 Å². The number of rotatable bonds is 4. The number of H-pyrrole nitrogens is 1. The van der Waals surface area contributed by atoms with Gasteiger partial charge in [-0.05, 0) is 26.0 Å². The summed E-state index contributed by atoms with van der Waals surface area (Å²) >= 11 is 0.669. The topological polar surface area (TPSA) is 92.2 Å². The summed E-state index contributed by atoms with van der Waals surface area (Å²) in [6.45, 7) is 3.38. The highest BCUT2D eigenvalue weighted by molar-refractivity contribution is 7.91. The van der Waals surface area contributed by atoms with Crippen LogP contribution in [0.5, 0.6) is 0 Å². The van der Waals surface area contributed by atoms with Crippen molar-refractivity contribution in [1.29, 1.82) is 0 Å². The number of aromatic nitrogens is 1. The van der Waals surface area contributed by atoms with Gasteiger partial charge < -0.3 is 9.40 Å². The lowest BCUT2D eigenvalue weighted by Crippen LogP contribution is -2.22. The Morgan fingerprint density at radius 1 is 1.39 bits per heavy atom. The fourth-order valence-electron chi connectivity index (χ4n) is 1.46. The number of sulfonamides is 1. The maximum absolute atomic E-state index is 11.9. The van der Waals surface area contributed by atoms with E-state index in [4.69, 9.17) is 4.42 Å². The van der Waals surface area contributed by atoms with Crippen LogP contribution in [0.1, 0.15) is 17.2 Å². The quantitative estimate of drug-likeness (QED) is 0.882. The van der Waals surface area contributed by atoms with Gasteiger partial charge in [0.15, 0.2) is 4.21 Å². The van der Waals surface area contributed by atoms with Crippen molar-refractivity contribution in [3.63, 3.8) is 0 Å². The van der Waals surface area contributed by atoms with Crippen molar-refractivity contribution in [3.05, 3.63) is 39.0 Å². The van der Waals surface area contributed by atoms with Gasteiger partial charge in [0.2, 0.25) is 0 Å². The SMILES string of the molecule is Cc1ccc(CNS(=O)(=O)c2sc(=O)[nH]c2C)o1. The van der Waals surface area contributed by atoms with E-state index in [1.807, 2.05) is 0 Å². The number of furan rings is 1. The molecule has 0 saturated carbocycles. The van der Waals surface area contributed by atoms with Crippen LogP contribution in [0.2, 0.25) is 0 Å². The van der Waals surface area contributed by atoms with Crippen molar-refractivity contribution in [1.82, 2.24) is 9.71 Å². The number of thiazole rings is 1. The van der Waals surface area contributed by atoms with Crippen molar-refractivity contribution in [2.75, 3.05) is 0 Å².